The number of guanidine groups is 1. The van der Waals surface area contributed by atoms with Crippen molar-refractivity contribution >= 4 is 52.9 Å². The quantitative estimate of drug-likeness (QED) is 0.366. The van der Waals surface area contributed by atoms with E-state index < -0.39 is 0 Å². The van der Waals surface area contributed by atoms with Crippen molar-refractivity contribution in [2.45, 2.75) is 32.7 Å². The summed E-state index contributed by atoms with van der Waals surface area (Å²) in [6.45, 7) is 5.80. The molecule has 0 atom stereocenters. The van der Waals surface area contributed by atoms with Gasteiger partial charge in [0, 0.05) is 29.9 Å². The summed E-state index contributed by atoms with van der Waals surface area (Å²) >= 11 is 7.70. The minimum atomic E-state index is 0. The van der Waals surface area contributed by atoms with E-state index in [1.807, 2.05) is 18.2 Å². The van der Waals surface area contributed by atoms with Crippen LogP contribution in [0.5, 0.6) is 0 Å². The van der Waals surface area contributed by atoms with Crippen molar-refractivity contribution in [3.8, 4) is 0 Å². The van der Waals surface area contributed by atoms with Gasteiger partial charge in [-0.2, -0.15) is 0 Å². The summed E-state index contributed by atoms with van der Waals surface area (Å²) in [5.74, 6) is 1.26. The first kappa shape index (κ1) is 21.2. The molecule has 0 fully saturated rings. The lowest BCUT2D eigenvalue weighted by Gasteiger charge is -2.11. The molecular formula is C17H24ClIN4S. The zero-order valence-corrected chi connectivity index (χ0v) is 18.1. The monoisotopic (exact) mass is 478 g/mol. The van der Waals surface area contributed by atoms with Crippen molar-refractivity contribution in [2.75, 3.05) is 13.6 Å². The Morgan fingerprint density at radius 3 is 2.75 bits per heavy atom. The first-order valence-corrected chi connectivity index (χ1v) is 8.97. The SMILES string of the molecule is CN=C(NCCc1cccc(Cl)c1)NCc1csc(C(C)C)n1.I. The minimum Gasteiger partial charge on any atom is -0.356 e. The van der Waals surface area contributed by atoms with Crippen LogP contribution < -0.4 is 10.6 Å². The van der Waals surface area contributed by atoms with Gasteiger partial charge in [-0.15, -0.1) is 35.3 Å². The molecule has 1 heterocycles. The first-order chi connectivity index (χ1) is 11.1. The van der Waals surface area contributed by atoms with Crippen LogP contribution in [-0.2, 0) is 13.0 Å². The molecule has 4 nitrogen and oxygen atoms in total. The highest BCUT2D eigenvalue weighted by atomic mass is 127. The van der Waals surface area contributed by atoms with Crippen LogP contribution >= 0.6 is 46.9 Å². The van der Waals surface area contributed by atoms with Crippen molar-refractivity contribution in [1.82, 2.24) is 15.6 Å². The predicted octanol–water partition coefficient (Wildman–Crippen LogP) is 4.45. The van der Waals surface area contributed by atoms with Gasteiger partial charge in [-0.1, -0.05) is 37.6 Å². The highest BCUT2D eigenvalue weighted by molar-refractivity contribution is 14.0. The molecule has 0 saturated carbocycles. The largest absolute Gasteiger partial charge is 0.356 e. The van der Waals surface area contributed by atoms with Gasteiger partial charge >= 0.3 is 0 Å². The third-order valence-electron chi connectivity index (χ3n) is 3.32. The summed E-state index contributed by atoms with van der Waals surface area (Å²) in [6, 6.07) is 7.92. The predicted molar refractivity (Wildman–Crippen MR) is 115 cm³/mol. The second-order valence-electron chi connectivity index (χ2n) is 5.56. The summed E-state index contributed by atoms with van der Waals surface area (Å²) in [5.41, 5.74) is 2.26. The van der Waals surface area contributed by atoms with Gasteiger partial charge in [0.2, 0.25) is 0 Å². The van der Waals surface area contributed by atoms with Crippen molar-refractivity contribution in [1.29, 1.82) is 0 Å². The molecule has 1 aromatic carbocycles. The van der Waals surface area contributed by atoms with E-state index in [1.165, 1.54) is 10.6 Å². The molecule has 0 saturated heterocycles. The number of aromatic nitrogens is 1. The average Bonchev–Trinajstić information content (AvgIpc) is 3.00. The van der Waals surface area contributed by atoms with Crippen LogP contribution in [0.4, 0.5) is 0 Å². The lowest BCUT2D eigenvalue weighted by Crippen LogP contribution is -2.37. The van der Waals surface area contributed by atoms with Gasteiger partial charge in [0.15, 0.2) is 5.96 Å². The van der Waals surface area contributed by atoms with E-state index in [-0.39, 0.29) is 24.0 Å². The third kappa shape index (κ3) is 6.94. The molecule has 0 aliphatic heterocycles. The Hall–Kier alpha value is -0.860. The maximum absolute atomic E-state index is 5.99. The van der Waals surface area contributed by atoms with E-state index in [4.69, 9.17) is 11.6 Å². The van der Waals surface area contributed by atoms with Crippen molar-refractivity contribution in [3.05, 3.63) is 50.9 Å². The molecule has 0 aliphatic carbocycles. The molecule has 2 N–H and O–H groups in total. The Bertz CT molecular complexity index is 658. The zero-order chi connectivity index (χ0) is 16.7. The Balaban J connectivity index is 0.00000288. The molecule has 132 valence electrons. The van der Waals surface area contributed by atoms with Gasteiger partial charge in [0.25, 0.3) is 0 Å². The topological polar surface area (TPSA) is 49.3 Å². The molecule has 0 radical (unpaired) electrons. The maximum atomic E-state index is 5.99. The number of hydrogen-bond acceptors (Lipinski definition) is 3. The molecule has 1 aromatic heterocycles. The van der Waals surface area contributed by atoms with E-state index >= 15 is 0 Å². The Kier molecular flexibility index (Phi) is 9.61. The van der Waals surface area contributed by atoms with Gasteiger partial charge in [-0.25, -0.2) is 4.98 Å². The van der Waals surface area contributed by atoms with E-state index in [9.17, 15) is 0 Å². The second-order valence-corrected chi connectivity index (χ2v) is 6.89. The fraction of sp³-hybridized carbons (Fsp3) is 0.412. The molecular weight excluding hydrogens is 455 g/mol. The fourth-order valence-electron chi connectivity index (χ4n) is 2.08. The Morgan fingerprint density at radius 1 is 1.33 bits per heavy atom. The van der Waals surface area contributed by atoms with Crippen LogP contribution in [0.1, 0.15) is 36.0 Å². The van der Waals surface area contributed by atoms with Crippen LogP contribution in [-0.4, -0.2) is 24.5 Å². The minimum absolute atomic E-state index is 0. The number of benzene rings is 1. The van der Waals surface area contributed by atoms with Gasteiger partial charge in [0.1, 0.15) is 0 Å². The molecule has 0 aliphatic rings. The first-order valence-electron chi connectivity index (χ1n) is 7.71. The van der Waals surface area contributed by atoms with Gasteiger partial charge in [-0.05, 0) is 24.1 Å². The summed E-state index contributed by atoms with van der Waals surface area (Å²) in [5, 5.41) is 10.6. The molecule has 0 amide bonds. The number of rotatable bonds is 6. The number of halogens is 2. The molecule has 2 rings (SSSR count). The lowest BCUT2D eigenvalue weighted by molar-refractivity contribution is 0.776. The van der Waals surface area contributed by atoms with Crippen LogP contribution in [0.15, 0.2) is 34.6 Å². The molecule has 0 spiro atoms. The number of hydrogen-bond donors (Lipinski definition) is 2. The molecule has 7 heteroatoms. The van der Waals surface area contributed by atoms with Crippen molar-refractivity contribution < 1.29 is 0 Å². The molecule has 2 aromatic rings. The van der Waals surface area contributed by atoms with E-state index in [0.717, 1.165) is 29.6 Å². The normalized spacial score (nSPS) is 11.3. The number of thiazole rings is 1. The average molecular weight is 479 g/mol. The number of nitrogens with one attached hydrogen (secondary N) is 2. The zero-order valence-electron chi connectivity index (χ0n) is 14.2. The van der Waals surface area contributed by atoms with Crippen LogP contribution in [0, 0.1) is 0 Å². The van der Waals surface area contributed by atoms with E-state index in [0.29, 0.717) is 12.5 Å². The fourth-order valence-corrected chi connectivity index (χ4v) is 3.13. The lowest BCUT2D eigenvalue weighted by atomic mass is 10.1. The smallest absolute Gasteiger partial charge is 0.191 e. The highest BCUT2D eigenvalue weighted by Crippen LogP contribution is 2.18. The van der Waals surface area contributed by atoms with E-state index in [1.54, 1.807) is 18.4 Å². The van der Waals surface area contributed by atoms with Crippen molar-refractivity contribution in [2.24, 2.45) is 4.99 Å². The highest BCUT2D eigenvalue weighted by Gasteiger charge is 2.06. The van der Waals surface area contributed by atoms with Crippen molar-refractivity contribution in [3.63, 3.8) is 0 Å². The molecule has 0 bridgehead atoms. The van der Waals surface area contributed by atoms with Crippen LogP contribution in [0.2, 0.25) is 5.02 Å². The Morgan fingerprint density at radius 2 is 2.12 bits per heavy atom. The van der Waals surface area contributed by atoms with Crippen LogP contribution in [0.3, 0.4) is 0 Å². The third-order valence-corrected chi connectivity index (χ3v) is 4.75. The summed E-state index contributed by atoms with van der Waals surface area (Å²) in [6.07, 6.45) is 0.898. The van der Waals surface area contributed by atoms with Gasteiger partial charge < -0.3 is 10.6 Å². The summed E-state index contributed by atoms with van der Waals surface area (Å²) in [7, 11) is 1.77. The van der Waals surface area contributed by atoms with Gasteiger partial charge in [-0.3, -0.25) is 4.99 Å². The Labute approximate surface area is 170 Å². The standard InChI is InChI=1S/C17H23ClN4S.HI/c1-12(2)16-22-15(11-23-16)10-21-17(19-3)20-8-7-13-5-4-6-14(18)9-13;/h4-6,9,11-12H,7-8,10H2,1-3H3,(H2,19,20,21);1H. The summed E-state index contributed by atoms with van der Waals surface area (Å²) in [4.78, 5) is 8.85. The summed E-state index contributed by atoms with van der Waals surface area (Å²) < 4.78 is 0. The second kappa shape index (κ2) is 10.9. The number of aliphatic imine (C=N–C) groups is 1. The molecule has 0 unspecified atom stereocenters. The molecule has 24 heavy (non-hydrogen) atoms. The van der Waals surface area contributed by atoms with Crippen LogP contribution in [0.25, 0.3) is 0 Å². The van der Waals surface area contributed by atoms with Gasteiger partial charge in [0.05, 0.1) is 17.2 Å². The maximum Gasteiger partial charge on any atom is 0.191 e. The number of nitrogens with zero attached hydrogens (tertiary/aromatic N) is 2. The van der Waals surface area contributed by atoms with E-state index in [2.05, 4.69) is 45.9 Å².